The van der Waals surface area contributed by atoms with Crippen LogP contribution in [0.2, 0.25) is 0 Å². The average Bonchev–Trinajstić information content (AvgIpc) is 3.33. The molecule has 4 rings (SSSR count). The molecule has 8 heteroatoms. The number of hydrogen-bond donors (Lipinski definition) is 2. The molecule has 2 N–H and O–H groups in total. The molecule has 1 aliphatic carbocycles. The molecule has 0 unspecified atom stereocenters. The molecule has 0 saturated heterocycles. The van der Waals surface area contributed by atoms with Crippen LogP contribution in [0.5, 0.6) is 5.75 Å². The molecule has 0 spiro atoms. The van der Waals surface area contributed by atoms with Crippen molar-refractivity contribution in [3.63, 3.8) is 0 Å². The van der Waals surface area contributed by atoms with Crippen molar-refractivity contribution in [1.82, 2.24) is 9.97 Å². The van der Waals surface area contributed by atoms with Crippen molar-refractivity contribution < 1.29 is 17.9 Å². The van der Waals surface area contributed by atoms with Gasteiger partial charge in [0.25, 0.3) is 0 Å². The third kappa shape index (κ3) is 6.18. The first-order valence-corrected chi connectivity index (χ1v) is 11.6. The topological polar surface area (TPSA) is 59.1 Å². The summed E-state index contributed by atoms with van der Waals surface area (Å²) in [4.78, 5) is 8.04. The van der Waals surface area contributed by atoms with Gasteiger partial charge in [-0.2, -0.15) is 18.2 Å². The molecule has 1 aliphatic rings. The predicted molar refractivity (Wildman–Crippen MR) is 128 cm³/mol. The van der Waals surface area contributed by atoms with Crippen LogP contribution in [0.1, 0.15) is 56.6 Å². The van der Waals surface area contributed by atoms with Gasteiger partial charge in [0.1, 0.15) is 17.1 Å². The number of ether oxygens (including phenoxy) is 1. The molecule has 1 aromatic heterocycles. The summed E-state index contributed by atoms with van der Waals surface area (Å²) in [6.45, 7) is 4.56. The van der Waals surface area contributed by atoms with E-state index in [0.717, 1.165) is 11.9 Å². The first-order valence-electron chi connectivity index (χ1n) is 11.6. The Morgan fingerprint density at radius 1 is 1.00 bits per heavy atom. The minimum atomic E-state index is -4.60. The summed E-state index contributed by atoms with van der Waals surface area (Å²) in [5.74, 6) is 1.25. The maximum atomic E-state index is 13.6. The summed E-state index contributed by atoms with van der Waals surface area (Å²) < 4.78 is 46.6. The third-order valence-corrected chi connectivity index (χ3v) is 5.77. The SMILES string of the molecule is CC(C)COc1cccc(Nc2nc(Nc3ccc(C4CCCC4)cc3)ncc2C(F)(F)F)c1. The van der Waals surface area contributed by atoms with Crippen molar-refractivity contribution in [3.05, 3.63) is 65.9 Å². The molecular formula is C26H29F3N4O. The minimum absolute atomic E-state index is 0.0799. The molecule has 1 heterocycles. The van der Waals surface area contributed by atoms with Crippen molar-refractivity contribution in [1.29, 1.82) is 0 Å². The minimum Gasteiger partial charge on any atom is -0.493 e. The van der Waals surface area contributed by atoms with Gasteiger partial charge >= 0.3 is 6.18 Å². The maximum Gasteiger partial charge on any atom is 0.421 e. The van der Waals surface area contributed by atoms with Crippen LogP contribution >= 0.6 is 0 Å². The molecule has 0 bridgehead atoms. The quantitative estimate of drug-likeness (QED) is 0.354. The zero-order valence-electron chi connectivity index (χ0n) is 19.3. The summed E-state index contributed by atoms with van der Waals surface area (Å²) in [7, 11) is 0. The Morgan fingerprint density at radius 2 is 1.74 bits per heavy atom. The molecule has 34 heavy (non-hydrogen) atoms. The lowest BCUT2D eigenvalue weighted by atomic mass is 9.98. The Balaban J connectivity index is 1.54. The second-order valence-electron chi connectivity index (χ2n) is 9.04. The van der Waals surface area contributed by atoms with E-state index in [9.17, 15) is 13.2 Å². The van der Waals surface area contributed by atoms with Gasteiger partial charge in [0.05, 0.1) is 6.61 Å². The van der Waals surface area contributed by atoms with Gasteiger partial charge in [-0.05, 0) is 54.5 Å². The van der Waals surface area contributed by atoms with Gasteiger partial charge in [0, 0.05) is 23.6 Å². The number of halogens is 3. The average molecular weight is 471 g/mol. The van der Waals surface area contributed by atoms with E-state index in [4.69, 9.17) is 4.74 Å². The van der Waals surface area contributed by atoms with Crippen molar-refractivity contribution in [3.8, 4) is 5.75 Å². The molecule has 0 atom stereocenters. The molecule has 1 saturated carbocycles. The van der Waals surface area contributed by atoms with Crippen molar-refractivity contribution >= 4 is 23.1 Å². The van der Waals surface area contributed by atoms with Crippen LogP contribution in [0.3, 0.4) is 0 Å². The van der Waals surface area contributed by atoms with Gasteiger partial charge in [0.2, 0.25) is 5.95 Å². The van der Waals surface area contributed by atoms with Crippen molar-refractivity contribution in [2.75, 3.05) is 17.2 Å². The maximum absolute atomic E-state index is 13.6. The summed E-state index contributed by atoms with van der Waals surface area (Å²) in [5.41, 5.74) is 1.51. The first-order chi connectivity index (χ1) is 16.3. The lowest BCUT2D eigenvalue weighted by Crippen LogP contribution is -2.12. The second kappa shape index (κ2) is 10.3. The van der Waals surface area contributed by atoms with Gasteiger partial charge in [-0.3, -0.25) is 0 Å². The predicted octanol–water partition coefficient (Wildman–Crippen LogP) is 7.68. The van der Waals surface area contributed by atoms with Crippen LogP contribution in [0.25, 0.3) is 0 Å². The fourth-order valence-corrected chi connectivity index (χ4v) is 4.03. The van der Waals surface area contributed by atoms with E-state index in [1.807, 2.05) is 26.0 Å². The molecule has 0 amide bonds. The van der Waals surface area contributed by atoms with E-state index < -0.39 is 11.7 Å². The molecule has 3 aromatic rings. The Kier molecular flexibility index (Phi) is 7.24. The second-order valence-corrected chi connectivity index (χ2v) is 9.04. The third-order valence-electron chi connectivity index (χ3n) is 5.77. The van der Waals surface area contributed by atoms with Gasteiger partial charge in [-0.25, -0.2) is 4.98 Å². The Bertz CT molecular complexity index is 1090. The number of rotatable bonds is 8. The highest BCUT2D eigenvalue weighted by molar-refractivity contribution is 5.64. The molecule has 2 aromatic carbocycles. The monoisotopic (exact) mass is 470 g/mol. The van der Waals surface area contributed by atoms with Gasteiger partial charge in [-0.1, -0.05) is 44.9 Å². The molecule has 0 radical (unpaired) electrons. The van der Waals surface area contributed by atoms with Crippen LogP contribution in [-0.2, 0) is 6.18 Å². The zero-order valence-corrected chi connectivity index (χ0v) is 19.3. The highest BCUT2D eigenvalue weighted by Gasteiger charge is 2.35. The zero-order chi connectivity index (χ0) is 24.1. The molecule has 180 valence electrons. The smallest absolute Gasteiger partial charge is 0.421 e. The fourth-order valence-electron chi connectivity index (χ4n) is 4.03. The van der Waals surface area contributed by atoms with Gasteiger partial charge in [-0.15, -0.1) is 0 Å². The number of alkyl halides is 3. The van der Waals surface area contributed by atoms with E-state index in [0.29, 0.717) is 29.9 Å². The standard InChI is InChI=1S/C26H29F3N4O/c1-17(2)16-34-22-9-5-8-21(14-22)31-24-23(26(27,28)29)15-30-25(33-24)32-20-12-10-19(11-13-20)18-6-3-4-7-18/h5,8-15,17-18H,3-4,6-7,16H2,1-2H3,(H2,30,31,32,33). The number of nitrogens with one attached hydrogen (secondary N) is 2. The molecular weight excluding hydrogens is 441 g/mol. The number of aromatic nitrogens is 2. The van der Waals surface area contributed by atoms with Crippen LogP contribution in [0.4, 0.5) is 36.3 Å². The van der Waals surface area contributed by atoms with Crippen LogP contribution in [0.15, 0.2) is 54.7 Å². The number of hydrogen-bond acceptors (Lipinski definition) is 5. The summed E-state index contributed by atoms with van der Waals surface area (Å²) in [6, 6.07) is 14.7. The van der Waals surface area contributed by atoms with E-state index in [1.165, 1.54) is 31.2 Å². The highest BCUT2D eigenvalue weighted by Crippen LogP contribution is 2.37. The highest BCUT2D eigenvalue weighted by atomic mass is 19.4. The van der Waals surface area contributed by atoms with Crippen LogP contribution < -0.4 is 15.4 Å². The van der Waals surface area contributed by atoms with E-state index in [-0.39, 0.29) is 11.8 Å². The largest absolute Gasteiger partial charge is 0.493 e. The van der Waals surface area contributed by atoms with E-state index in [1.54, 1.807) is 24.3 Å². The summed E-state index contributed by atoms with van der Waals surface area (Å²) in [5, 5.41) is 5.80. The van der Waals surface area contributed by atoms with Crippen molar-refractivity contribution in [2.45, 2.75) is 51.6 Å². The normalized spacial score (nSPS) is 14.4. The van der Waals surface area contributed by atoms with E-state index >= 15 is 0 Å². The molecule has 0 aliphatic heterocycles. The molecule has 5 nitrogen and oxygen atoms in total. The Hall–Kier alpha value is -3.29. The Labute approximate surface area is 197 Å². The summed E-state index contributed by atoms with van der Waals surface area (Å²) >= 11 is 0. The lowest BCUT2D eigenvalue weighted by molar-refractivity contribution is -0.137. The van der Waals surface area contributed by atoms with Gasteiger partial charge < -0.3 is 15.4 Å². The number of benzene rings is 2. The lowest BCUT2D eigenvalue weighted by Gasteiger charge is -2.16. The summed E-state index contributed by atoms with van der Waals surface area (Å²) in [6.07, 6.45) is 1.11. The van der Waals surface area contributed by atoms with Gasteiger partial charge in [0.15, 0.2) is 0 Å². The number of anilines is 4. The first kappa shape index (κ1) is 23.9. The van der Waals surface area contributed by atoms with Crippen LogP contribution in [-0.4, -0.2) is 16.6 Å². The fraction of sp³-hybridized carbons (Fsp3) is 0.385. The van der Waals surface area contributed by atoms with Crippen LogP contribution in [0, 0.1) is 5.92 Å². The molecule has 1 fully saturated rings. The Morgan fingerprint density at radius 3 is 2.41 bits per heavy atom. The number of nitrogens with zero attached hydrogens (tertiary/aromatic N) is 2. The van der Waals surface area contributed by atoms with Crippen molar-refractivity contribution in [2.24, 2.45) is 5.92 Å². The van der Waals surface area contributed by atoms with E-state index in [2.05, 4.69) is 32.7 Å².